The smallest absolute Gasteiger partial charge is 0.416 e. The van der Waals surface area contributed by atoms with E-state index in [1.54, 1.807) is 11.6 Å². The van der Waals surface area contributed by atoms with Crippen molar-refractivity contribution in [3.63, 3.8) is 0 Å². The minimum Gasteiger partial charge on any atom is -0.480 e. The van der Waals surface area contributed by atoms with Gasteiger partial charge in [-0.1, -0.05) is 18.7 Å². The van der Waals surface area contributed by atoms with E-state index in [1.807, 2.05) is 13.8 Å². The molecule has 0 bridgehead atoms. The predicted octanol–water partition coefficient (Wildman–Crippen LogP) is 4.80. The van der Waals surface area contributed by atoms with Crippen LogP contribution in [0.5, 0.6) is 5.88 Å². The SMILES string of the molecule is C=C(C)c1nn(C(C)c2ccc(C(F)(F)F)cc2)c2nc(C)nc(OC)c12. The molecule has 0 spiro atoms. The van der Waals surface area contributed by atoms with Gasteiger partial charge in [-0.2, -0.15) is 23.3 Å². The molecule has 3 rings (SSSR count). The number of methoxy groups -OCH3 is 1. The molecule has 27 heavy (non-hydrogen) atoms. The Labute approximate surface area is 154 Å². The van der Waals surface area contributed by atoms with Crippen molar-refractivity contribution in [3.05, 3.63) is 53.5 Å². The quantitative estimate of drug-likeness (QED) is 0.656. The maximum Gasteiger partial charge on any atom is 0.416 e. The van der Waals surface area contributed by atoms with Crippen LogP contribution in [0.1, 0.15) is 42.5 Å². The molecule has 0 N–H and O–H groups in total. The molecule has 2 heterocycles. The highest BCUT2D eigenvalue weighted by Gasteiger charge is 2.30. The van der Waals surface area contributed by atoms with Gasteiger partial charge in [0.25, 0.3) is 0 Å². The fourth-order valence-electron chi connectivity index (χ4n) is 2.92. The summed E-state index contributed by atoms with van der Waals surface area (Å²) in [6, 6.07) is 4.69. The zero-order valence-corrected chi connectivity index (χ0v) is 15.4. The van der Waals surface area contributed by atoms with Crippen molar-refractivity contribution < 1.29 is 17.9 Å². The van der Waals surface area contributed by atoms with E-state index in [9.17, 15) is 13.2 Å². The van der Waals surface area contributed by atoms with Crippen molar-refractivity contribution in [3.8, 4) is 5.88 Å². The largest absolute Gasteiger partial charge is 0.480 e. The summed E-state index contributed by atoms with van der Waals surface area (Å²) in [5.74, 6) is 0.898. The fraction of sp³-hybridized carbons (Fsp3) is 0.316. The molecule has 1 aromatic carbocycles. The van der Waals surface area contributed by atoms with Gasteiger partial charge < -0.3 is 4.74 Å². The summed E-state index contributed by atoms with van der Waals surface area (Å²) < 4.78 is 45.5. The third-order valence-electron chi connectivity index (χ3n) is 4.31. The van der Waals surface area contributed by atoms with Gasteiger partial charge in [0, 0.05) is 0 Å². The molecule has 0 aliphatic rings. The minimum atomic E-state index is -4.37. The van der Waals surface area contributed by atoms with E-state index >= 15 is 0 Å². The number of hydrogen-bond donors (Lipinski definition) is 0. The Bertz CT molecular complexity index is 1010. The van der Waals surface area contributed by atoms with Crippen LogP contribution < -0.4 is 4.74 Å². The summed E-state index contributed by atoms with van der Waals surface area (Å²) >= 11 is 0. The van der Waals surface area contributed by atoms with E-state index in [0.717, 1.165) is 12.1 Å². The van der Waals surface area contributed by atoms with Gasteiger partial charge in [-0.3, -0.25) is 0 Å². The molecule has 0 saturated carbocycles. The fourth-order valence-corrected chi connectivity index (χ4v) is 2.92. The number of allylic oxidation sites excluding steroid dienone is 1. The van der Waals surface area contributed by atoms with E-state index in [4.69, 9.17) is 4.74 Å². The molecule has 2 aromatic heterocycles. The molecular formula is C19H19F3N4O. The Morgan fingerprint density at radius 3 is 2.33 bits per heavy atom. The number of halogens is 3. The average Bonchev–Trinajstić information content (AvgIpc) is 2.99. The van der Waals surface area contributed by atoms with Gasteiger partial charge in [0.2, 0.25) is 5.88 Å². The van der Waals surface area contributed by atoms with Crippen LogP contribution in [0.15, 0.2) is 30.8 Å². The summed E-state index contributed by atoms with van der Waals surface area (Å²) in [6.07, 6.45) is -4.37. The molecule has 0 radical (unpaired) electrons. The van der Waals surface area contributed by atoms with Gasteiger partial charge in [-0.05, 0) is 44.0 Å². The predicted molar refractivity (Wildman–Crippen MR) is 96.6 cm³/mol. The van der Waals surface area contributed by atoms with E-state index < -0.39 is 11.7 Å². The molecule has 0 aliphatic heterocycles. The second kappa shape index (κ2) is 6.68. The summed E-state index contributed by atoms with van der Waals surface area (Å²) in [7, 11) is 1.51. The minimum absolute atomic E-state index is 0.345. The van der Waals surface area contributed by atoms with Crippen LogP contribution >= 0.6 is 0 Å². The van der Waals surface area contributed by atoms with Crippen LogP contribution in [0, 0.1) is 6.92 Å². The number of rotatable bonds is 4. The first-order valence-corrected chi connectivity index (χ1v) is 8.27. The highest BCUT2D eigenvalue weighted by atomic mass is 19.4. The molecule has 0 aliphatic carbocycles. The van der Waals surface area contributed by atoms with Crippen molar-refractivity contribution in [1.82, 2.24) is 19.7 Å². The maximum absolute atomic E-state index is 12.8. The van der Waals surface area contributed by atoms with Gasteiger partial charge in [-0.15, -0.1) is 0 Å². The van der Waals surface area contributed by atoms with Crippen LogP contribution in [0.4, 0.5) is 13.2 Å². The Balaban J connectivity index is 2.16. The highest BCUT2D eigenvalue weighted by Crippen LogP contribution is 2.34. The number of nitrogens with zero attached hydrogens (tertiary/aromatic N) is 4. The number of alkyl halides is 3. The van der Waals surface area contributed by atoms with Gasteiger partial charge in [-0.25, -0.2) is 9.67 Å². The topological polar surface area (TPSA) is 52.8 Å². The third-order valence-corrected chi connectivity index (χ3v) is 4.31. The Morgan fingerprint density at radius 1 is 1.19 bits per heavy atom. The van der Waals surface area contributed by atoms with E-state index in [2.05, 4.69) is 21.6 Å². The molecule has 0 fully saturated rings. The van der Waals surface area contributed by atoms with E-state index in [1.165, 1.54) is 19.2 Å². The molecule has 142 valence electrons. The van der Waals surface area contributed by atoms with Crippen molar-refractivity contribution in [2.75, 3.05) is 7.11 Å². The van der Waals surface area contributed by atoms with E-state index in [0.29, 0.717) is 39.6 Å². The van der Waals surface area contributed by atoms with Crippen LogP contribution in [0.2, 0.25) is 0 Å². The first-order chi connectivity index (χ1) is 12.6. The number of fused-ring (bicyclic) bond motifs is 1. The summed E-state index contributed by atoms with van der Waals surface area (Å²) in [6.45, 7) is 9.35. The molecular weight excluding hydrogens is 357 g/mol. The number of benzene rings is 1. The van der Waals surface area contributed by atoms with Gasteiger partial charge in [0.15, 0.2) is 5.65 Å². The van der Waals surface area contributed by atoms with E-state index in [-0.39, 0.29) is 6.04 Å². The third kappa shape index (κ3) is 3.39. The van der Waals surface area contributed by atoms with Gasteiger partial charge >= 0.3 is 6.18 Å². The Morgan fingerprint density at radius 2 is 1.81 bits per heavy atom. The molecule has 0 amide bonds. The number of ether oxygens (including phenoxy) is 1. The maximum atomic E-state index is 12.8. The van der Waals surface area contributed by atoms with Crippen molar-refractivity contribution in [2.24, 2.45) is 0 Å². The molecule has 1 unspecified atom stereocenters. The van der Waals surface area contributed by atoms with Gasteiger partial charge in [0.1, 0.15) is 16.9 Å². The highest BCUT2D eigenvalue weighted by molar-refractivity contribution is 5.91. The van der Waals surface area contributed by atoms with Crippen molar-refractivity contribution >= 4 is 16.6 Å². The lowest BCUT2D eigenvalue weighted by atomic mass is 10.1. The Kier molecular flexibility index (Phi) is 4.67. The number of aryl methyl sites for hydroxylation is 1. The first-order valence-electron chi connectivity index (χ1n) is 8.27. The number of hydrogen-bond acceptors (Lipinski definition) is 4. The first kappa shape index (κ1) is 18.9. The van der Waals surface area contributed by atoms with Crippen LogP contribution in [0.25, 0.3) is 16.6 Å². The average molecular weight is 376 g/mol. The molecule has 5 nitrogen and oxygen atoms in total. The summed E-state index contributed by atoms with van der Waals surface area (Å²) in [4.78, 5) is 8.77. The van der Waals surface area contributed by atoms with Crippen LogP contribution in [0.3, 0.4) is 0 Å². The zero-order chi connectivity index (χ0) is 19.9. The van der Waals surface area contributed by atoms with Crippen LogP contribution in [-0.4, -0.2) is 26.9 Å². The lowest BCUT2D eigenvalue weighted by molar-refractivity contribution is -0.137. The lowest BCUT2D eigenvalue weighted by Gasteiger charge is -2.15. The lowest BCUT2D eigenvalue weighted by Crippen LogP contribution is -2.11. The summed E-state index contributed by atoms with van der Waals surface area (Å²) in [5, 5.41) is 5.23. The second-order valence-corrected chi connectivity index (χ2v) is 6.35. The van der Waals surface area contributed by atoms with Crippen molar-refractivity contribution in [1.29, 1.82) is 0 Å². The summed E-state index contributed by atoms with van der Waals surface area (Å²) in [5.41, 5.74) is 1.84. The normalized spacial score (nSPS) is 13.0. The molecule has 1 atom stereocenters. The standard InChI is InChI=1S/C19H19F3N4O/c1-10(2)16-15-17(23-12(4)24-18(15)27-5)26(25-16)11(3)13-6-8-14(9-7-13)19(20,21)22/h6-9,11H,1H2,2-5H3. The molecule has 3 aromatic rings. The second-order valence-electron chi connectivity index (χ2n) is 6.35. The van der Waals surface area contributed by atoms with Crippen molar-refractivity contribution in [2.45, 2.75) is 33.0 Å². The molecule has 0 saturated heterocycles. The monoisotopic (exact) mass is 376 g/mol. The zero-order valence-electron chi connectivity index (χ0n) is 15.4. The van der Waals surface area contributed by atoms with Crippen LogP contribution in [-0.2, 0) is 6.18 Å². The number of aromatic nitrogens is 4. The van der Waals surface area contributed by atoms with Gasteiger partial charge in [0.05, 0.1) is 18.7 Å². The Hall–Kier alpha value is -2.90. The molecule has 8 heteroatoms.